The van der Waals surface area contributed by atoms with Crippen molar-refractivity contribution in [2.45, 2.75) is 43.8 Å². The first-order chi connectivity index (χ1) is 10.8. The van der Waals surface area contributed by atoms with Gasteiger partial charge in [-0.05, 0) is 31.6 Å². The van der Waals surface area contributed by atoms with Gasteiger partial charge in [0.05, 0.1) is 5.75 Å². The van der Waals surface area contributed by atoms with Gasteiger partial charge in [0, 0.05) is 36.5 Å². The standard InChI is InChI=1S/C16H25N3OS2/c20-15(12-22-14-5-1-2-6-14)18-10-13-4-3-8-19(11-13)16-17-7-9-21-16/h7,9,13-14H,1-6,8,10-12H2,(H,18,20). The minimum absolute atomic E-state index is 0.211. The zero-order valence-corrected chi connectivity index (χ0v) is 14.6. The number of nitrogens with zero attached hydrogens (tertiary/aromatic N) is 2. The number of hydrogen-bond donors (Lipinski definition) is 1. The lowest BCUT2D eigenvalue weighted by Gasteiger charge is -2.32. The molecule has 1 unspecified atom stereocenters. The van der Waals surface area contributed by atoms with Crippen LogP contribution in [0.1, 0.15) is 38.5 Å². The molecule has 1 amide bonds. The fraction of sp³-hybridized carbons (Fsp3) is 0.750. The Morgan fingerprint density at radius 1 is 1.36 bits per heavy atom. The van der Waals surface area contributed by atoms with E-state index in [-0.39, 0.29) is 5.91 Å². The van der Waals surface area contributed by atoms with Crippen LogP contribution in [0.15, 0.2) is 11.6 Å². The summed E-state index contributed by atoms with van der Waals surface area (Å²) < 4.78 is 0. The van der Waals surface area contributed by atoms with Crippen molar-refractivity contribution in [2.75, 3.05) is 30.3 Å². The van der Waals surface area contributed by atoms with Crippen LogP contribution in [0.3, 0.4) is 0 Å². The van der Waals surface area contributed by atoms with E-state index in [1.165, 1.54) is 38.5 Å². The van der Waals surface area contributed by atoms with Crippen LogP contribution in [-0.4, -0.2) is 41.5 Å². The van der Waals surface area contributed by atoms with Gasteiger partial charge in [-0.25, -0.2) is 4.98 Å². The zero-order valence-electron chi connectivity index (χ0n) is 13.0. The van der Waals surface area contributed by atoms with Crippen molar-refractivity contribution >= 4 is 34.1 Å². The highest BCUT2D eigenvalue weighted by Crippen LogP contribution is 2.29. The van der Waals surface area contributed by atoms with Crippen molar-refractivity contribution in [1.29, 1.82) is 0 Å². The number of hydrogen-bond acceptors (Lipinski definition) is 5. The van der Waals surface area contributed by atoms with E-state index in [2.05, 4.69) is 15.2 Å². The van der Waals surface area contributed by atoms with E-state index in [0.717, 1.165) is 30.0 Å². The summed E-state index contributed by atoms with van der Waals surface area (Å²) in [6.45, 7) is 2.92. The van der Waals surface area contributed by atoms with E-state index >= 15 is 0 Å². The summed E-state index contributed by atoms with van der Waals surface area (Å²) in [7, 11) is 0. The van der Waals surface area contributed by atoms with Crippen LogP contribution >= 0.6 is 23.1 Å². The SMILES string of the molecule is O=C(CSC1CCCC1)NCC1CCCN(c2nccs2)C1. The van der Waals surface area contributed by atoms with E-state index in [9.17, 15) is 4.79 Å². The van der Waals surface area contributed by atoms with Crippen molar-refractivity contribution in [3.05, 3.63) is 11.6 Å². The second-order valence-electron chi connectivity index (χ2n) is 6.29. The second-order valence-corrected chi connectivity index (χ2v) is 8.45. The fourth-order valence-electron chi connectivity index (χ4n) is 3.34. The summed E-state index contributed by atoms with van der Waals surface area (Å²) in [5.74, 6) is 1.40. The van der Waals surface area contributed by atoms with E-state index in [4.69, 9.17) is 0 Å². The number of amides is 1. The topological polar surface area (TPSA) is 45.2 Å². The molecule has 1 N–H and O–H groups in total. The molecule has 0 aromatic carbocycles. The third kappa shape index (κ3) is 4.62. The second kappa shape index (κ2) is 8.20. The number of carbonyl (C=O) groups is 1. The molecular formula is C16H25N3OS2. The van der Waals surface area contributed by atoms with Gasteiger partial charge < -0.3 is 10.2 Å². The smallest absolute Gasteiger partial charge is 0.230 e. The van der Waals surface area contributed by atoms with Crippen LogP contribution < -0.4 is 10.2 Å². The van der Waals surface area contributed by atoms with Crippen molar-refractivity contribution in [2.24, 2.45) is 5.92 Å². The monoisotopic (exact) mass is 339 g/mol. The van der Waals surface area contributed by atoms with Crippen molar-refractivity contribution < 1.29 is 4.79 Å². The summed E-state index contributed by atoms with van der Waals surface area (Å²) >= 11 is 3.55. The van der Waals surface area contributed by atoms with Gasteiger partial charge in [0.1, 0.15) is 0 Å². The minimum Gasteiger partial charge on any atom is -0.355 e. The molecular weight excluding hydrogens is 314 g/mol. The lowest BCUT2D eigenvalue weighted by Crippen LogP contribution is -2.41. The maximum absolute atomic E-state index is 12.0. The van der Waals surface area contributed by atoms with E-state index in [1.54, 1.807) is 11.3 Å². The van der Waals surface area contributed by atoms with Gasteiger partial charge in [0.2, 0.25) is 5.91 Å². The number of anilines is 1. The molecule has 4 nitrogen and oxygen atoms in total. The lowest BCUT2D eigenvalue weighted by atomic mass is 9.98. The van der Waals surface area contributed by atoms with Gasteiger partial charge in [0.25, 0.3) is 0 Å². The largest absolute Gasteiger partial charge is 0.355 e. The molecule has 1 aliphatic heterocycles. The first-order valence-electron chi connectivity index (χ1n) is 8.34. The van der Waals surface area contributed by atoms with Gasteiger partial charge in [-0.1, -0.05) is 12.8 Å². The summed E-state index contributed by atoms with van der Waals surface area (Å²) in [6, 6.07) is 0. The van der Waals surface area contributed by atoms with Crippen molar-refractivity contribution in [3.8, 4) is 0 Å². The quantitative estimate of drug-likeness (QED) is 0.865. The number of aromatic nitrogens is 1. The molecule has 6 heteroatoms. The number of nitrogens with one attached hydrogen (secondary N) is 1. The molecule has 0 bridgehead atoms. The maximum Gasteiger partial charge on any atom is 0.230 e. The zero-order chi connectivity index (χ0) is 15.2. The van der Waals surface area contributed by atoms with Crippen LogP contribution in [-0.2, 0) is 4.79 Å². The van der Waals surface area contributed by atoms with Crippen molar-refractivity contribution in [1.82, 2.24) is 10.3 Å². The van der Waals surface area contributed by atoms with Crippen LogP contribution in [0.5, 0.6) is 0 Å². The summed E-state index contributed by atoms with van der Waals surface area (Å²) in [5, 5.41) is 7.01. The van der Waals surface area contributed by atoms with Gasteiger partial charge in [-0.2, -0.15) is 0 Å². The molecule has 1 aromatic rings. The first-order valence-corrected chi connectivity index (χ1v) is 10.3. The lowest BCUT2D eigenvalue weighted by molar-refractivity contribution is -0.118. The molecule has 2 aliphatic rings. The highest BCUT2D eigenvalue weighted by molar-refractivity contribution is 8.00. The van der Waals surface area contributed by atoms with E-state index in [1.807, 2.05) is 23.3 Å². The molecule has 1 saturated heterocycles. The molecule has 2 heterocycles. The predicted molar refractivity (Wildman–Crippen MR) is 94.8 cm³/mol. The Bertz CT molecular complexity index is 460. The fourth-order valence-corrected chi connectivity index (χ4v) is 5.17. The van der Waals surface area contributed by atoms with Crippen LogP contribution in [0.2, 0.25) is 0 Å². The molecule has 1 aromatic heterocycles. The van der Waals surface area contributed by atoms with Gasteiger partial charge in [-0.15, -0.1) is 23.1 Å². The number of rotatable bonds is 6. The number of piperidine rings is 1. The predicted octanol–water partition coefficient (Wildman–Crippen LogP) is 3.15. The Balaban J connectivity index is 1.36. The average molecular weight is 340 g/mol. The van der Waals surface area contributed by atoms with Crippen LogP contribution in [0.25, 0.3) is 0 Å². The Kier molecular flexibility index (Phi) is 6.01. The van der Waals surface area contributed by atoms with Gasteiger partial charge in [-0.3, -0.25) is 4.79 Å². The minimum atomic E-state index is 0.211. The molecule has 1 aliphatic carbocycles. The number of thioether (sulfide) groups is 1. The highest BCUT2D eigenvalue weighted by Gasteiger charge is 2.22. The number of thiazole rings is 1. The maximum atomic E-state index is 12.0. The molecule has 2 fully saturated rings. The average Bonchev–Trinajstić information content (AvgIpc) is 3.24. The normalized spacial score (nSPS) is 22.9. The Hall–Kier alpha value is -0.750. The van der Waals surface area contributed by atoms with E-state index in [0.29, 0.717) is 11.7 Å². The Morgan fingerprint density at radius 2 is 2.23 bits per heavy atom. The highest BCUT2D eigenvalue weighted by atomic mass is 32.2. The van der Waals surface area contributed by atoms with Crippen molar-refractivity contribution in [3.63, 3.8) is 0 Å². The van der Waals surface area contributed by atoms with Gasteiger partial charge in [0.15, 0.2) is 5.13 Å². The third-order valence-electron chi connectivity index (χ3n) is 4.55. The first kappa shape index (κ1) is 16.1. The Morgan fingerprint density at radius 3 is 3.00 bits per heavy atom. The van der Waals surface area contributed by atoms with Crippen LogP contribution in [0.4, 0.5) is 5.13 Å². The molecule has 1 atom stereocenters. The van der Waals surface area contributed by atoms with E-state index < -0.39 is 0 Å². The summed E-state index contributed by atoms with van der Waals surface area (Å²) in [4.78, 5) is 18.8. The molecule has 0 spiro atoms. The Labute approximate surface area is 141 Å². The molecule has 22 heavy (non-hydrogen) atoms. The number of carbonyl (C=O) groups excluding carboxylic acids is 1. The van der Waals surface area contributed by atoms with Gasteiger partial charge >= 0.3 is 0 Å². The molecule has 1 saturated carbocycles. The molecule has 122 valence electrons. The summed E-state index contributed by atoms with van der Waals surface area (Å²) in [5.41, 5.74) is 0. The molecule has 3 rings (SSSR count). The summed E-state index contributed by atoms with van der Waals surface area (Å²) in [6.07, 6.45) is 9.54. The molecule has 0 radical (unpaired) electrons. The third-order valence-corrected chi connectivity index (χ3v) is 6.75. The van der Waals surface area contributed by atoms with Crippen LogP contribution in [0, 0.1) is 5.92 Å².